The highest BCUT2D eigenvalue weighted by molar-refractivity contribution is 7.92. The molecule has 4 nitrogen and oxygen atoms in total. The lowest BCUT2D eigenvalue weighted by Crippen LogP contribution is -2.42. The van der Waals surface area contributed by atoms with Crippen molar-refractivity contribution in [3.05, 3.63) is 64.7 Å². The molecule has 1 heterocycles. The Hall–Kier alpha value is -1.99. The van der Waals surface area contributed by atoms with Gasteiger partial charge in [-0.3, -0.25) is 4.79 Å². The summed E-state index contributed by atoms with van der Waals surface area (Å²) in [6.45, 7) is 0.350. The van der Waals surface area contributed by atoms with E-state index >= 15 is 0 Å². The van der Waals surface area contributed by atoms with E-state index in [1.54, 1.807) is 0 Å². The molecule has 0 N–H and O–H groups in total. The Bertz CT molecular complexity index is 904. The van der Waals surface area contributed by atoms with Crippen molar-refractivity contribution in [2.24, 2.45) is 0 Å². The van der Waals surface area contributed by atoms with Gasteiger partial charge < -0.3 is 4.90 Å². The van der Waals surface area contributed by atoms with Gasteiger partial charge in [-0.25, -0.2) is 17.2 Å². The van der Waals surface area contributed by atoms with E-state index in [0.29, 0.717) is 0 Å². The molecule has 0 unspecified atom stereocenters. The first-order valence-corrected chi connectivity index (χ1v) is 9.96. The van der Waals surface area contributed by atoms with E-state index < -0.39 is 32.6 Å². The number of carbonyl (C=O) groups is 1. The second-order valence-electron chi connectivity index (χ2n) is 6.09. The molecule has 26 heavy (non-hydrogen) atoms. The highest BCUT2D eigenvalue weighted by Crippen LogP contribution is 2.27. The molecule has 8 heteroatoms. The summed E-state index contributed by atoms with van der Waals surface area (Å²) in [6.07, 6.45) is 0.440. The second-order valence-corrected chi connectivity index (χ2v) is 8.72. The smallest absolute Gasteiger partial charge is 0.258 e. The van der Waals surface area contributed by atoms with E-state index in [-0.39, 0.29) is 41.4 Å². The maximum absolute atomic E-state index is 13.9. The van der Waals surface area contributed by atoms with Gasteiger partial charge in [0.05, 0.1) is 20.7 Å². The number of hydrogen-bond donors (Lipinski definition) is 0. The third-order valence-corrected chi connectivity index (χ3v) is 7.08. The maximum Gasteiger partial charge on any atom is 0.258 e. The average Bonchev–Trinajstić information content (AvgIpc) is 2.62. The number of nitrogens with zero attached hydrogens (tertiary/aromatic N) is 1. The van der Waals surface area contributed by atoms with Gasteiger partial charge in [-0.15, -0.1) is 0 Å². The average molecular weight is 400 g/mol. The molecule has 2 aromatic carbocycles. The van der Waals surface area contributed by atoms with Gasteiger partial charge in [-0.2, -0.15) is 0 Å². The molecule has 138 valence electrons. The molecule has 0 bridgehead atoms. The Morgan fingerprint density at radius 2 is 1.65 bits per heavy atom. The van der Waals surface area contributed by atoms with Crippen LogP contribution in [0, 0.1) is 11.6 Å². The molecular formula is C18H16ClF2NO3S. The number of amides is 1. The summed E-state index contributed by atoms with van der Waals surface area (Å²) in [7, 11) is -3.61. The van der Waals surface area contributed by atoms with Crippen molar-refractivity contribution in [3.63, 3.8) is 0 Å². The summed E-state index contributed by atoms with van der Waals surface area (Å²) in [6, 6.07) is 8.69. The Kier molecular flexibility index (Phi) is 5.29. The van der Waals surface area contributed by atoms with Gasteiger partial charge in [-0.05, 0) is 49.2 Å². The number of halogens is 3. The van der Waals surface area contributed by atoms with Crippen molar-refractivity contribution in [1.29, 1.82) is 0 Å². The molecule has 0 spiro atoms. The van der Waals surface area contributed by atoms with E-state index in [9.17, 15) is 22.0 Å². The molecule has 0 saturated carbocycles. The lowest BCUT2D eigenvalue weighted by Gasteiger charge is -2.32. The van der Waals surface area contributed by atoms with Crippen molar-refractivity contribution in [3.8, 4) is 0 Å². The molecule has 2 aromatic rings. The zero-order chi connectivity index (χ0) is 18.9. The van der Waals surface area contributed by atoms with Crippen LogP contribution in [0.15, 0.2) is 47.4 Å². The molecule has 1 amide bonds. The number of carbonyl (C=O) groups excluding carboxylic acids is 1. The third-order valence-electron chi connectivity index (χ3n) is 4.49. The monoisotopic (exact) mass is 399 g/mol. The Morgan fingerprint density at radius 1 is 1.04 bits per heavy atom. The fourth-order valence-corrected chi connectivity index (χ4v) is 5.02. The molecular weight excluding hydrogens is 384 g/mol. The number of hydrogen-bond acceptors (Lipinski definition) is 3. The molecule has 1 aliphatic heterocycles. The number of benzene rings is 2. The summed E-state index contributed by atoms with van der Waals surface area (Å²) < 4.78 is 52.2. The van der Waals surface area contributed by atoms with Gasteiger partial charge in [0, 0.05) is 13.1 Å². The maximum atomic E-state index is 13.9. The number of likely N-dealkylation sites (tertiary alicyclic amines) is 1. The van der Waals surface area contributed by atoms with E-state index in [1.165, 1.54) is 29.2 Å². The zero-order valence-corrected chi connectivity index (χ0v) is 15.2. The standard InChI is InChI=1S/C18H16ClF2NO3S/c19-15-2-1-3-16(21)17(15)18(23)22-10-8-14(9-11-22)26(24,25)13-6-4-12(20)5-7-13/h1-7,14H,8-11H2. The van der Waals surface area contributed by atoms with E-state index in [0.717, 1.165) is 18.2 Å². The quantitative estimate of drug-likeness (QED) is 0.739. The van der Waals surface area contributed by atoms with Crippen LogP contribution in [-0.4, -0.2) is 37.6 Å². The summed E-state index contributed by atoms with van der Waals surface area (Å²) in [5.41, 5.74) is -0.200. The van der Waals surface area contributed by atoms with Crippen LogP contribution in [0.5, 0.6) is 0 Å². The summed E-state index contributed by atoms with van der Waals surface area (Å²) >= 11 is 5.92. The van der Waals surface area contributed by atoms with Crippen LogP contribution < -0.4 is 0 Å². The van der Waals surface area contributed by atoms with Gasteiger partial charge in [0.1, 0.15) is 11.6 Å². The SMILES string of the molecule is O=C(c1c(F)cccc1Cl)N1CCC(S(=O)(=O)c2ccc(F)cc2)CC1. The fraction of sp³-hybridized carbons (Fsp3) is 0.278. The lowest BCUT2D eigenvalue weighted by molar-refractivity contribution is 0.0721. The molecule has 1 aliphatic rings. The van der Waals surface area contributed by atoms with E-state index in [4.69, 9.17) is 11.6 Å². The van der Waals surface area contributed by atoms with Crippen LogP contribution in [0.4, 0.5) is 8.78 Å². The van der Waals surface area contributed by atoms with Crippen LogP contribution in [-0.2, 0) is 9.84 Å². The van der Waals surface area contributed by atoms with E-state index in [2.05, 4.69) is 0 Å². The molecule has 1 fully saturated rings. The molecule has 0 radical (unpaired) electrons. The second kappa shape index (κ2) is 7.32. The predicted octanol–water partition coefficient (Wildman–Crippen LogP) is 3.70. The van der Waals surface area contributed by atoms with Gasteiger partial charge in [0.25, 0.3) is 5.91 Å². The predicted molar refractivity (Wildman–Crippen MR) is 93.9 cm³/mol. The summed E-state index contributed by atoms with van der Waals surface area (Å²) in [5, 5.41) is -0.649. The number of piperidine rings is 1. The Balaban J connectivity index is 1.73. The van der Waals surface area contributed by atoms with Gasteiger partial charge >= 0.3 is 0 Å². The van der Waals surface area contributed by atoms with Crippen LogP contribution in [0.1, 0.15) is 23.2 Å². The molecule has 0 aliphatic carbocycles. The topological polar surface area (TPSA) is 54.5 Å². The summed E-state index contributed by atoms with van der Waals surface area (Å²) in [5.74, 6) is -1.76. The summed E-state index contributed by atoms with van der Waals surface area (Å²) in [4.78, 5) is 14.0. The number of sulfone groups is 1. The van der Waals surface area contributed by atoms with E-state index in [1.807, 2.05) is 0 Å². The highest BCUT2D eigenvalue weighted by atomic mass is 35.5. The van der Waals surface area contributed by atoms with Crippen LogP contribution in [0.3, 0.4) is 0 Å². The van der Waals surface area contributed by atoms with Crippen molar-refractivity contribution in [1.82, 2.24) is 4.90 Å². The lowest BCUT2D eigenvalue weighted by atomic mass is 10.1. The minimum atomic E-state index is -3.61. The molecule has 0 atom stereocenters. The largest absolute Gasteiger partial charge is 0.338 e. The molecule has 0 aromatic heterocycles. The van der Waals surface area contributed by atoms with Crippen LogP contribution in [0.2, 0.25) is 5.02 Å². The van der Waals surface area contributed by atoms with Crippen molar-refractivity contribution < 1.29 is 22.0 Å². The van der Waals surface area contributed by atoms with Crippen molar-refractivity contribution >= 4 is 27.3 Å². The van der Waals surface area contributed by atoms with Gasteiger partial charge in [-0.1, -0.05) is 17.7 Å². The highest BCUT2D eigenvalue weighted by Gasteiger charge is 2.34. The van der Waals surface area contributed by atoms with Gasteiger partial charge in [0.2, 0.25) is 0 Å². The van der Waals surface area contributed by atoms with Gasteiger partial charge in [0.15, 0.2) is 9.84 Å². The Labute approximate surface area is 155 Å². The van der Waals surface area contributed by atoms with Crippen LogP contribution >= 0.6 is 11.6 Å². The first-order valence-electron chi connectivity index (χ1n) is 8.03. The normalized spacial score (nSPS) is 15.9. The first kappa shape index (κ1) is 18.8. The first-order chi connectivity index (χ1) is 12.3. The minimum absolute atomic E-state index is 0.0241. The van der Waals surface area contributed by atoms with Crippen LogP contribution in [0.25, 0.3) is 0 Å². The molecule has 3 rings (SSSR count). The number of rotatable bonds is 3. The molecule has 1 saturated heterocycles. The minimum Gasteiger partial charge on any atom is -0.338 e. The fourth-order valence-electron chi connectivity index (χ4n) is 3.05. The Morgan fingerprint density at radius 3 is 2.23 bits per heavy atom. The van der Waals surface area contributed by atoms with Crippen molar-refractivity contribution in [2.75, 3.05) is 13.1 Å². The third kappa shape index (κ3) is 3.59. The zero-order valence-electron chi connectivity index (χ0n) is 13.7. The van der Waals surface area contributed by atoms with Crippen molar-refractivity contribution in [2.45, 2.75) is 23.0 Å².